The molecule has 0 radical (unpaired) electrons. The first-order valence-electron chi connectivity index (χ1n) is 30.4. The predicted molar refractivity (Wildman–Crippen MR) is 293 cm³/mol. The monoisotopic (exact) mass is 1030 g/mol. The van der Waals surface area contributed by atoms with Gasteiger partial charge in [-0.05, 0) is 88.9 Å². The van der Waals surface area contributed by atoms with Gasteiger partial charge >= 0.3 is 17.9 Å². The predicted octanol–water partition coefficient (Wildman–Crippen LogP) is 14.4. The van der Waals surface area contributed by atoms with E-state index in [-0.39, 0.29) is 62.8 Å². The zero-order valence-corrected chi connectivity index (χ0v) is 46.3. The van der Waals surface area contributed by atoms with Crippen molar-refractivity contribution < 1.29 is 60.3 Å². The van der Waals surface area contributed by atoms with Gasteiger partial charge in [0.1, 0.15) is 0 Å². The Morgan fingerprint density at radius 2 is 0.458 bits per heavy atom. The van der Waals surface area contributed by atoms with E-state index in [1.54, 1.807) is 0 Å². The summed E-state index contributed by atoms with van der Waals surface area (Å²) in [7, 11) is 0. The lowest BCUT2D eigenvalue weighted by Gasteiger charge is -2.50. The number of aliphatic carboxylic acids is 3. The molecule has 428 valence electrons. The van der Waals surface area contributed by atoms with Gasteiger partial charge in [-0.15, -0.1) is 0 Å². The van der Waals surface area contributed by atoms with Crippen LogP contribution < -0.4 is 0 Å². The smallest absolute Gasteiger partial charge is 0.303 e. The highest BCUT2D eigenvalue weighted by atomic mass is 16.4. The van der Waals surface area contributed by atoms with E-state index < -0.39 is 23.3 Å². The van der Waals surface area contributed by atoms with Crippen LogP contribution in [0.3, 0.4) is 0 Å². The summed E-state index contributed by atoms with van der Waals surface area (Å²) in [5, 5.41) is 91.0. The van der Waals surface area contributed by atoms with Crippen LogP contribution in [-0.4, -0.2) is 102 Å². The van der Waals surface area contributed by atoms with E-state index in [9.17, 15) is 45.0 Å². The molecule has 72 heavy (non-hydrogen) atoms. The average molecular weight is 1030 g/mol. The molecule has 0 spiro atoms. The van der Waals surface area contributed by atoms with Gasteiger partial charge in [0.15, 0.2) is 0 Å². The Bertz CT molecular complexity index is 1080. The summed E-state index contributed by atoms with van der Waals surface area (Å²) in [6.07, 6.45) is 45.2. The van der Waals surface area contributed by atoms with Gasteiger partial charge in [0.25, 0.3) is 0 Å². The maximum atomic E-state index is 11.1. The van der Waals surface area contributed by atoms with Crippen molar-refractivity contribution in [2.24, 2.45) is 10.8 Å². The SMILES string of the molecule is O=C(O)CCCCCCCCCCC(O)CCCCCCC(CCCCCCC(O)CCCCCCCCCCC(=O)O)(CCCCCCC(O)CCCCCCCCCCC(=O)O)C(CO)(CO)CCO. The van der Waals surface area contributed by atoms with Crippen molar-refractivity contribution in [3.63, 3.8) is 0 Å². The quantitative estimate of drug-likeness (QED) is 0.0259. The fraction of sp³-hybridized carbons (Fsp3) is 0.950. The van der Waals surface area contributed by atoms with Gasteiger partial charge in [-0.1, -0.05) is 212 Å². The Hall–Kier alpha value is -1.83. The van der Waals surface area contributed by atoms with Gasteiger partial charge in [0.05, 0.1) is 31.5 Å². The number of aliphatic hydroxyl groups excluding tert-OH is 6. The topological polar surface area (TPSA) is 233 Å². The molecule has 12 heteroatoms. The molecule has 0 amide bonds. The minimum Gasteiger partial charge on any atom is -0.481 e. The fourth-order valence-electron chi connectivity index (χ4n) is 11.4. The van der Waals surface area contributed by atoms with Gasteiger partial charge in [-0.3, -0.25) is 14.4 Å². The normalized spacial score (nSPS) is 14.1. The van der Waals surface area contributed by atoms with Gasteiger partial charge < -0.3 is 46.0 Å². The van der Waals surface area contributed by atoms with Gasteiger partial charge in [-0.2, -0.15) is 0 Å². The second-order valence-corrected chi connectivity index (χ2v) is 22.5. The molecular weight excluding hydrogens is 913 g/mol. The van der Waals surface area contributed by atoms with Crippen LogP contribution in [-0.2, 0) is 14.4 Å². The Balaban J connectivity index is 5.10. The van der Waals surface area contributed by atoms with Crippen LogP contribution in [0.2, 0.25) is 0 Å². The standard InChI is InChI=1S/C60H116O12/c61-50-49-60(51-62,52-63)59(46-34-22-19-28-40-53(64)37-25-13-7-1-4-10-16-31-43-56(67)68,47-35-23-20-29-41-54(65)38-26-14-8-2-5-11-17-32-44-57(69)70)48-36-24-21-30-42-55(66)39-27-15-9-3-6-12-18-33-45-58(71)72/h53-55,61-66H,1-52H2,(H,67,68)(H,69,70)(H,71,72). The molecule has 12 nitrogen and oxygen atoms in total. The fourth-order valence-corrected chi connectivity index (χ4v) is 11.4. The maximum Gasteiger partial charge on any atom is 0.303 e. The zero-order chi connectivity index (χ0) is 53.2. The summed E-state index contributed by atoms with van der Waals surface area (Å²) >= 11 is 0. The maximum absolute atomic E-state index is 11.1. The number of aliphatic hydroxyl groups is 6. The van der Waals surface area contributed by atoms with Crippen molar-refractivity contribution in [2.75, 3.05) is 19.8 Å². The van der Waals surface area contributed by atoms with Crippen LogP contribution in [0.15, 0.2) is 0 Å². The number of hydrogen-bond donors (Lipinski definition) is 9. The molecule has 0 heterocycles. The highest BCUT2D eigenvalue weighted by molar-refractivity contribution is 5.67. The zero-order valence-electron chi connectivity index (χ0n) is 46.3. The molecule has 0 fully saturated rings. The summed E-state index contributed by atoms with van der Waals surface area (Å²) in [5.74, 6) is -2.15. The first-order valence-corrected chi connectivity index (χ1v) is 30.4. The Morgan fingerprint density at radius 3 is 0.653 bits per heavy atom. The summed E-state index contributed by atoms with van der Waals surface area (Å²) in [6, 6.07) is 0. The molecular formula is C60H116O12. The van der Waals surface area contributed by atoms with Crippen molar-refractivity contribution in [3.8, 4) is 0 Å². The Labute approximate surface area is 440 Å². The van der Waals surface area contributed by atoms with Crippen molar-refractivity contribution >= 4 is 17.9 Å². The lowest BCUT2D eigenvalue weighted by Crippen LogP contribution is -2.48. The third kappa shape index (κ3) is 41.4. The van der Waals surface area contributed by atoms with Crippen LogP contribution >= 0.6 is 0 Å². The molecule has 9 N–H and O–H groups in total. The first-order chi connectivity index (χ1) is 34.9. The average Bonchev–Trinajstić information content (AvgIpc) is 3.35. The van der Waals surface area contributed by atoms with E-state index in [4.69, 9.17) is 15.3 Å². The van der Waals surface area contributed by atoms with E-state index in [2.05, 4.69) is 0 Å². The third-order valence-electron chi connectivity index (χ3n) is 16.2. The van der Waals surface area contributed by atoms with Gasteiger partial charge in [-0.25, -0.2) is 0 Å². The lowest BCUT2D eigenvalue weighted by molar-refractivity contribution is -0.138. The largest absolute Gasteiger partial charge is 0.481 e. The van der Waals surface area contributed by atoms with Crippen molar-refractivity contribution in [1.82, 2.24) is 0 Å². The van der Waals surface area contributed by atoms with Crippen molar-refractivity contribution in [2.45, 2.75) is 333 Å². The molecule has 0 saturated carbocycles. The molecule has 0 aromatic heterocycles. The molecule has 3 atom stereocenters. The van der Waals surface area contributed by atoms with Crippen LogP contribution in [0.25, 0.3) is 0 Å². The molecule has 0 saturated heterocycles. The number of rotatable bonds is 59. The number of unbranched alkanes of at least 4 members (excludes halogenated alkanes) is 30. The van der Waals surface area contributed by atoms with E-state index in [1.165, 1.54) is 19.3 Å². The molecule has 0 aromatic carbocycles. The second kappa shape index (κ2) is 50.0. The Kier molecular flexibility index (Phi) is 48.7. The van der Waals surface area contributed by atoms with Crippen LogP contribution in [0.4, 0.5) is 0 Å². The highest BCUT2D eigenvalue weighted by Gasteiger charge is 2.48. The molecule has 0 aliphatic carbocycles. The van der Waals surface area contributed by atoms with Crippen molar-refractivity contribution in [3.05, 3.63) is 0 Å². The highest BCUT2D eigenvalue weighted by Crippen LogP contribution is 2.53. The number of hydrogen-bond acceptors (Lipinski definition) is 9. The van der Waals surface area contributed by atoms with E-state index in [1.807, 2.05) is 0 Å². The third-order valence-corrected chi connectivity index (χ3v) is 16.2. The number of carboxylic acids is 3. The Morgan fingerprint density at radius 1 is 0.264 bits per heavy atom. The van der Waals surface area contributed by atoms with Crippen LogP contribution in [0.1, 0.15) is 315 Å². The molecule has 0 aliphatic rings. The lowest BCUT2D eigenvalue weighted by atomic mass is 9.55. The summed E-state index contributed by atoms with van der Waals surface area (Å²) < 4.78 is 0. The van der Waals surface area contributed by atoms with E-state index in [0.717, 1.165) is 270 Å². The van der Waals surface area contributed by atoms with Gasteiger partial charge in [0.2, 0.25) is 0 Å². The van der Waals surface area contributed by atoms with E-state index in [0.29, 0.717) is 6.42 Å². The molecule has 0 aliphatic heterocycles. The summed E-state index contributed by atoms with van der Waals surface area (Å²) in [6.45, 7) is -0.420. The van der Waals surface area contributed by atoms with Crippen LogP contribution in [0.5, 0.6) is 0 Å². The number of carboxylic acid groups (broad SMARTS) is 3. The van der Waals surface area contributed by atoms with Crippen LogP contribution in [0, 0.1) is 10.8 Å². The van der Waals surface area contributed by atoms with Gasteiger partial charge in [0, 0.05) is 31.3 Å². The number of carbonyl (C=O) groups is 3. The molecule has 3 unspecified atom stereocenters. The minimum absolute atomic E-state index is 0.0890. The molecule has 0 bridgehead atoms. The van der Waals surface area contributed by atoms with E-state index >= 15 is 0 Å². The summed E-state index contributed by atoms with van der Waals surface area (Å²) in [4.78, 5) is 32.0. The second-order valence-electron chi connectivity index (χ2n) is 22.5. The molecule has 0 rings (SSSR count). The first kappa shape index (κ1) is 70.2. The molecule has 0 aromatic rings. The van der Waals surface area contributed by atoms with Crippen molar-refractivity contribution in [1.29, 1.82) is 0 Å². The minimum atomic E-state index is -0.786. The summed E-state index contributed by atoms with van der Waals surface area (Å²) in [5.41, 5.74) is -1.11.